The monoisotopic (exact) mass is 152 g/mol. The van der Waals surface area contributed by atoms with E-state index in [4.69, 9.17) is 4.79 Å². The van der Waals surface area contributed by atoms with E-state index in [0.29, 0.717) is 0 Å². The minimum atomic E-state index is 0. The van der Waals surface area contributed by atoms with Gasteiger partial charge in [0.25, 0.3) is 0 Å². The van der Waals surface area contributed by atoms with E-state index >= 15 is 0 Å². The van der Waals surface area contributed by atoms with Crippen molar-refractivity contribution < 1.29 is 34.4 Å². The van der Waals surface area contributed by atoms with Crippen LogP contribution in [0.2, 0.25) is 0 Å². The van der Waals surface area contributed by atoms with E-state index in [-0.39, 0.29) is 29.6 Å². The molecule has 56 valence electrons. The SMILES string of the molecule is CCCCCC.C[C-]=O.[Na+]. The largest absolute Gasteiger partial charge is 1.00 e. The Morgan fingerprint density at radius 1 is 1.10 bits per heavy atom. The van der Waals surface area contributed by atoms with Crippen molar-refractivity contribution in [3.63, 3.8) is 0 Å². The van der Waals surface area contributed by atoms with E-state index in [0.717, 1.165) is 0 Å². The second-order valence-electron chi connectivity index (χ2n) is 1.91. The van der Waals surface area contributed by atoms with Crippen LogP contribution in [0.4, 0.5) is 0 Å². The molecular formula is C8H17NaO. The molecular weight excluding hydrogens is 135 g/mol. The summed E-state index contributed by atoms with van der Waals surface area (Å²) in [5.74, 6) is 0. The normalized spacial score (nSPS) is 6.70. The zero-order chi connectivity index (χ0) is 7.54. The van der Waals surface area contributed by atoms with Gasteiger partial charge in [-0.1, -0.05) is 39.5 Å². The molecule has 0 unspecified atom stereocenters. The van der Waals surface area contributed by atoms with Crippen molar-refractivity contribution in [3.05, 3.63) is 0 Å². The predicted octanol–water partition coefficient (Wildman–Crippen LogP) is -0.293. The van der Waals surface area contributed by atoms with Gasteiger partial charge in [0.05, 0.1) is 0 Å². The summed E-state index contributed by atoms with van der Waals surface area (Å²) in [6.07, 6.45) is 7.04. The van der Waals surface area contributed by atoms with Crippen LogP contribution in [0.3, 0.4) is 0 Å². The zero-order valence-electron chi connectivity index (χ0n) is 7.74. The maximum Gasteiger partial charge on any atom is 1.00 e. The van der Waals surface area contributed by atoms with Gasteiger partial charge in [-0.25, -0.2) is 0 Å². The summed E-state index contributed by atoms with van der Waals surface area (Å²) in [7, 11) is 0. The standard InChI is InChI=1S/C6H14.C2H3O.Na/c1-3-5-6-4-2;1-2-3;/h3-6H2,1-2H3;1H3;/q;-1;+1. The maximum atomic E-state index is 8.68. The Labute approximate surface area is 86.9 Å². The third-order valence-electron chi connectivity index (χ3n) is 0.957. The molecule has 0 atom stereocenters. The van der Waals surface area contributed by atoms with Crippen LogP contribution in [-0.4, -0.2) is 6.29 Å². The summed E-state index contributed by atoms with van der Waals surface area (Å²) >= 11 is 0. The third kappa shape index (κ3) is 37.9. The molecule has 0 rings (SSSR count). The van der Waals surface area contributed by atoms with Crippen LogP contribution in [0.5, 0.6) is 0 Å². The van der Waals surface area contributed by atoms with Gasteiger partial charge in [0.1, 0.15) is 0 Å². The Morgan fingerprint density at radius 2 is 1.30 bits per heavy atom. The average Bonchev–Trinajstić information content (AvgIpc) is 1.86. The minimum Gasteiger partial charge on any atom is -0.542 e. The Bertz CT molecular complexity index is 42.5. The van der Waals surface area contributed by atoms with Crippen molar-refractivity contribution in [1.82, 2.24) is 0 Å². The predicted molar refractivity (Wildman–Crippen MR) is 41.2 cm³/mol. The second kappa shape index (κ2) is 22.6. The molecule has 10 heavy (non-hydrogen) atoms. The number of rotatable bonds is 3. The summed E-state index contributed by atoms with van der Waals surface area (Å²) < 4.78 is 0. The molecule has 0 aliphatic carbocycles. The molecule has 0 heterocycles. The number of hydrogen-bond donors (Lipinski definition) is 0. The first kappa shape index (κ1) is 17.0. The van der Waals surface area contributed by atoms with Crippen LogP contribution >= 0.6 is 0 Å². The van der Waals surface area contributed by atoms with Crippen LogP contribution in [0.15, 0.2) is 0 Å². The first-order valence-corrected chi connectivity index (χ1v) is 3.62. The van der Waals surface area contributed by atoms with Gasteiger partial charge in [0, 0.05) is 0 Å². The van der Waals surface area contributed by atoms with Crippen molar-refractivity contribution in [2.75, 3.05) is 0 Å². The first-order chi connectivity index (χ1) is 4.33. The van der Waals surface area contributed by atoms with Crippen molar-refractivity contribution in [2.24, 2.45) is 0 Å². The Kier molecular flexibility index (Phi) is 38.3. The molecule has 0 aliphatic rings. The second-order valence-corrected chi connectivity index (χ2v) is 1.91. The topological polar surface area (TPSA) is 17.1 Å². The fourth-order valence-corrected chi connectivity index (χ4v) is 0.500. The van der Waals surface area contributed by atoms with Gasteiger partial charge in [-0.15, -0.1) is 0 Å². The molecule has 0 bridgehead atoms. The summed E-state index contributed by atoms with van der Waals surface area (Å²) in [5, 5.41) is 0. The third-order valence-corrected chi connectivity index (χ3v) is 0.957. The van der Waals surface area contributed by atoms with E-state index in [2.05, 4.69) is 13.8 Å². The van der Waals surface area contributed by atoms with Gasteiger partial charge in [0.2, 0.25) is 0 Å². The first-order valence-electron chi connectivity index (χ1n) is 3.62. The van der Waals surface area contributed by atoms with E-state index in [1.165, 1.54) is 38.9 Å². The summed E-state index contributed by atoms with van der Waals surface area (Å²) in [6, 6.07) is 0. The molecule has 1 nitrogen and oxygen atoms in total. The van der Waals surface area contributed by atoms with Crippen LogP contribution < -0.4 is 29.6 Å². The fourth-order valence-electron chi connectivity index (χ4n) is 0.500. The molecule has 0 N–H and O–H groups in total. The molecule has 2 heteroatoms. The van der Waals surface area contributed by atoms with E-state index < -0.39 is 0 Å². The van der Waals surface area contributed by atoms with Crippen molar-refractivity contribution in [1.29, 1.82) is 0 Å². The molecule has 0 saturated heterocycles. The summed E-state index contributed by atoms with van der Waals surface area (Å²) in [6.45, 7) is 5.78. The Morgan fingerprint density at radius 3 is 1.40 bits per heavy atom. The smallest absolute Gasteiger partial charge is 0.542 e. The fraction of sp³-hybridized carbons (Fsp3) is 0.875. The van der Waals surface area contributed by atoms with Crippen molar-refractivity contribution in [2.45, 2.75) is 46.5 Å². The molecule has 0 aromatic rings. The van der Waals surface area contributed by atoms with Crippen molar-refractivity contribution in [3.8, 4) is 0 Å². The van der Waals surface area contributed by atoms with Crippen LogP contribution in [0, 0.1) is 0 Å². The Balaban J connectivity index is -0.000000107. The van der Waals surface area contributed by atoms with Gasteiger partial charge in [-0.05, 0) is 0 Å². The van der Waals surface area contributed by atoms with E-state index in [1.807, 2.05) is 0 Å². The molecule has 0 amide bonds. The number of carbonyl (C=O) groups excluding carboxylic acids is 1. The van der Waals surface area contributed by atoms with Gasteiger partial charge in [0.15, 0.2) is 0 Å². The maximum absolute atomic E-state index is 8.68. The molecule has 0 fully saturated rings. The van der Waals surface area contributed by atoms with Crippen LogP contribution in [-0.2, 0) is 4.79 Å². The van der Waals surface area contributed by atoms with Gasteiger partial charge >= 0.3 is 29.6 Å². The van der Waals surface area contributed by atoms with Crippen molar-refractivity contribution >= 4 is 6.29 Å². The van der Waals surface area contributed by atoms with E-state index in [9.17, 15) is 0 Å². The quantitative estimate of drug-likeness (QED) is 0.308. The number of hydrogen-bond acceptors (Lipinski definition) is 1. The minimum absolute atomic E-state index is 0. The van der Waals surface area contributed by atoms with Gasteiger partial charge < -0.3 is 4.79 Å². The molecule has 0 aliphatic heterocycles. The average molecular weight is 152 g/mol. The van der Waals surface area contributed by atoms with Gasteiger partial charge in [-0.2, -0.15) is 6.92 Å². The number of unbranched alkanes of at least 4 members (excludes halogenated alkanes) is 3. The van der Waals surface area contributed by atoms with Crippen LogP contribution in [0.1, 0.15) is 46.5 Å². The molecule has 0 aromatic carbocycles. The Hall–Kier alpha value is 0.670. The zero-order valence-corrected chi connectivity index (χ0v) is 9.74. The molecule has 0 radical (unpaired) electrons. The summed E-state index contributed by atoms with van der Waals surface area (Å²) in [5.41, 5.74) is 0. The van der Waals surface area contributed by atoms with Gasteiger partial charge in [-0.3, -0.25) is 6.29 Å². The summed E-state index contributed by atoms with van der Waals surface area (Å²) in [4.78, 5) is 8.68. The van der Waals surface area contributed by atoms with Crippen LogP contribution in [0.25, 0.3) is 0 Å². The molecule has 0 spiro atoms. The van der Waals surface area contributed by atoms with E-state index in [1.54, 1.807) is 0 Å². The molecule has 0 saturated carbocycles. The molecule has 0 aromatic heterocycles.